The SMILES string of the molecule is CCCCCCCCCCCCCCCCCCCCCCCCCCCCCCCCCCCCC(=O)N[C@@H](COP(=O)(O)OCC[N+](C)(C)C)[C@H](O)CCCCCCCCCCCCCCC. The topological polar surface area (TPSA) is 105 Å². The van der Waals surface area contributed by atoms with Crippen LogP contribution in [0.3, 0.4) is 0 Å². The lowest BCUT2D eigenvalue weighted by molar-refractivity contribution is -0.870. The van der Waals surface area contributed by atoms with Crippen LogP contribution in [0.2, 0.25) is 0 Å². The van der Waals surface area contributed by atoms with Crippen molar-refractivity contribution in [3.05, 3.63) is 0 Å². The summed E-state index contributed by atoms with van der Waals surface area (Å²) in [7, 11) is 1.64. The Labute approximate surface area is 431 Å². The minimum atomic E-state index is -4.31. The van der Waals surface area contributed by atoms with Crippen LogP contribution in [-0.4, -0.2) is 73.4 Å². The first kappa shape index (κ1) is 68.5. The molecule has 3 N–H and O–H groups in total. The maximum atomic E-state index is 13.0. The number of nitrogens with one attached hydrogen (secondary N) is 1. The van der Waals surface area contributed by atoms with Crippen molar-refractivity contribution in [3.8, 4) is 0 Å². The van der Waals surface area contributed by atoms with Crippen LogP contribution in [-0.2, 0) is 18.4 Å². The van der Waals surface area contributed by atoms with Gasteiger partial charge in [-0.3, -0.25) is 13.8 Å². The number of aliphatic hydroxyl groups excluding tert-OH is 1. The largest absolute Gasteiger partial charge is 0.472 e. The predicted octanol–water partition coefficient (Wildman–Crippen LogP) is 18.8. The van der Waals surface area contributed by atoms with E-state index < -0.39 is 20.0 Å². The second-order valence-corrected chi connectivity index (χ2v) is 24.3. The molecule has 1 amide bonds. The van der Waals surface area contributed by atoms with Crippen LogP contribution in [0.25, 0.3) is 0 Å². The predicted molar refractivity (Wildman–Crippen MR) is 300 cm³/mol. The number of quaternary nitrogens is 1. The molecule has 0 radical (unpaired) electrons. The fourth-order valence-electron chi connectivity index (χ4n) is 9.76. The summed E-state index contributed by atoms with van der Waals surface area (Å²) >= 11 is 0. The highest BCUT2D eigenvalue weighted by Gasteiger charge is 2.28. The van der Waals surface area contributed by atoms with E-state index in [0.29, 0.717) is 23.9 Å². The minimum Gasteiger partial charge on any atom is -0.391 e. The Balaban J connectivity index is 3.88. The number of carbonyl (C=O) groups is 1. The third-order valence-electron chi connectivity index (χ3n) is 14.6. The monoisotopic (exact) mass is 1000 g/mol. The van der Waals surface area contributed by atoms with Gasteiger partial charge in [0.1, 0.15) is 13.2 Å². The van der Waals surface area contributed by atoms with Crippen molar-refractivity contribution in [1.29, 1.82) is 0 Å². The number of rotatable bonds is 58. The number of likely N-dealkylation sites (N-methyl/N-ethyl adjacent to an activating group) is 1. The smallest absolute Gasteiger partial charge is 0.391 e. The fraction of sp³-hybridized carbons (Fsp3) is 0.983. The highest BCUT2D eigenvalue weighted by Crippen LogP contribution is 2.43. The molecular weight excluding hydrogens is 876 g/mol. The number of phosphoric ester groups is 1. The van der Waals surface area contributed by atoms with Crippen molar-refractivity contribution in [1.82, 2.24) is 5.32 Å². The molecule has 0 saturated heterocycles. The summed E-state index contributed by atoms with van der Waals surface area (Å²) in [5.41, 5.74) is 0. The van der Waals surface area contributed by atoms with Gasteiger partial charge in [-0.15, -0.1) is 0 Å². The Bertz CT molecular complexity index is 1090. The lowest BCUT2D eigenvalue weighted by Crippen LogP contribution is -2.46. The Hall–Kier alpha value is -0.500. The van der Waals surface area contributed by atoms with Gasteiger partial charge in [-0.2, -0.15) is 0 Å². The zero-order valence-electron chi connectivity index (χ0n) is 47.3. The van der Waals surface area contributed by atoms with Crippen LogP contribution in [0.4, 0.5) is 0 Å². The Morgan fingerprint density at radius 3 is 0.971 bits per heavy atom. The number of nitrogens with zero attached hydrogens (tertiary/aromatic N) is 1. The molecule has 0 aromatic heterocycles. The molecule has 9 heteroatoms. The van der Waals surface area contributed by atoms with Crippen LogP contribution >= 0.6 is 7.82 Å². The summed E-state index contributed by atoms with van der Waals surface area (Å²) in [5, 5.41) is 14.0. The number of carbonyl (C=O) groups excluding carboxylic acids is 1. The maximum absolute atomic E-state index is 13.0. The first-order chi connectivity index (χ1) is 33.5. The molecule has 8 nitrogen and oxygen atoms in total. The van der Waals surface area contributed by atoms with Crippen LogP contribution in [0, 0.1) is 0 Å². The molecule has 0 rings (SSSR count). The van der Waals surface area contributed by atoms with E-state index in [0.717, 1.165) is 38.5 Å². The molecule has 69 heavy (non-hydrogen) atoms. The van der Waals surface area contributed by atoms with E-state index in [-0.39, 0.29) is 19.1 Å². The van der Waals surface area contributed by atoms with Crippen molar-refractivity contribution >= 4 is 13.7 Å². The van der Waals surface area contributed by atoms with Crippen molar-refractivity contribution in [2.45, 2.75) is 341 Å². The van der Waals surface area contributed by atoms with Crippen LogP contribution in [0.5, 0.6) is 0 Å². The standard InChI is InChI=1S/C60H123N2O6P/c1-6-8-10-12-14-16-18-20-21-22-23-24-25-26-27-28-29-30-31-32-33-34-35-36-37-38-39-40-42-44-46-48-50-52-54-60(64)61-58(57-68-69(65,66)67-56-55-62(3,4)5)59(63)53-51-49-47-45-43-41-19-17-15-13-11-9-7-2/h58-59,63H,6-57H2,1-5H3,(H-,61,64,65,66)/p+1/t58-,59+/m0/s1. The van der Waals surface area contributed by atoms with Gasteiger partial charge in [0, 0.05) is 6.42 Å². The van der Waals surface area contributed by atoms with Gasteiger partial charge in [-0.1, -0.05) is 309 Å². The Morgan fingerprint density at radius 1 is 0.435 bits per heavy atom. The molecule has 0 aliphatic rings. The highest BCUT2D eigenvalue weighted by atomic mass is 31.2. The van der Waals surface area contributed by atoms with E-state index in [1.807, 2.05) is 21.1 Å². The van der Waals surface area contributed by atoms with Gasteiger partial charge in [-0.25, -0.2) is 4.57 Å². The Kier molecular flexibility index (Phi) is 52.0. The number of amides is 1. The number of phosphoric acid groups is 1. The summed E-state index contributed by atoms with van der Waals surface area (Å²) in [4.78, 5) is 23.3. The molecule has 0 bridgehead atoms. The van der Waals surface area contributed by atoms with E-state index >= 15 is 0 Å². The van der Waals surface area contributed by atoms with Crippen LogP contribution < -0.4 is 5.32 Å². The van der Waals surface area contributed by atoms with Gasteiger partial charge in [0.25, 0.3) is 0 Å². The fourth-order valence-corrected chi connectivity index (χ4v) is 10.5. The first-order valence-corrected chi connectivity index (χ1v) is 32.4. The second-order valence-electron chi connectivity index (χ2n) is 22.8. The van der Waals surface area contributed by atoms with E-state index in [1.54, 1.807) is 0 Å². The van der Waals surface area contributed by atoms with Gasteiger partial charge >= 0.3 is 7.82 Å². The van der Waals surface area contributed by atoms with Crippen molar-refractivity contribution in [2.24, 2.45) is 0 Å². The zero-order valence-corrected chi connectivity index (χ0v) is 48.2. The molecule has 414 valence electrons. The normalized spacial score (nSPS) is 13.8. The van der Waals surface area contributed by atoms with E-state index in [9.17, 15) is 19.4 Å². The molecule has 0 aromatic rings. The van der Waals surface area contributed by atoms with Gasteiger partial charge in [0.15, 0.2) is 0 Å². The lowest BCUT2D eigenvalue weighted by Gasteiger charge is -2.26. The molecule has 1 unspecified atom stereocenters. The van der Waals surface area contributed by atoms with E-state index in [4.69, 9.17) is 9.05 Å². The minimum absolute atomic E-state index is 0.0789. The van der Waals surface area contributed by atoms with E-state index in [2.05, 4.69) is 19.2 Å². The number of unbranched alkanes of at least 4 members (excludes halogenated alkanes) is 45. The molecule has 0 heterocycles. The first-order valence-electron chi connectivity index (χ1n) is 30.9. The summed E-state index contributed by atoms with van der Waals surface area (Å²) in [6.07, 6.45) is 63.4. The quantitative estimate of drug-likeness (QED) is 0.0318. The highest BCUT2D eigenvalue weighted by molar-refractivity contribution is 7.47. The third kappa shape index (κ3) is 55.1. The van der Waals surface area contributed by atoms with Crippen molar-refractivity contribution in [3.63, 3.8) is 0 Å². The summed E-state index contributed by atoms with van der Waals surface area (Å²) in [6, 6.07) is -0.754. The molecule has 3 atom stereocenters. The molecule has 0 spiro atoms. The molecule has 0 aromatic carbocycles. The number of aliphatic hydroxyl groups is 1. The van der Waals surface area contributed by atoms with Crippen molar-refractivity contribution in [2.75, 3.05) is 40.9 Å². The Morgan fingerprint density at radius 2 is 0.696 bits per heavy atom. The average Bonchev–Trinajstić information content (AvgIpc) is 3.31. The van der Waals surface area contributed by atoms with Gasteiger partial charge in [0.05, 0.1) is 39.9 Å². The number of hydrogen-bond donors (Lipinski definition) is 3. The third-order valence-corrected chi connectivity index (χ3v) is 15.6. The van der Waals surface area contributed by atoms with Gasteiger partial charge in [0.2, 0.25) is 5.91 Å². The molecule has 0 aliphatic carbocycles. The molecular formula is C60H124N2O6P+. The molecule has 0 fully saturated rings. The summed E-state index contributed by atoms with van der Waals surface area (Å²) in [6.45, 7) is 4.94. The van der Waals surface area contributed by atoms with Gasteiger partial charge in [-0.05, 0) is 12.8 Å². The van der Waals surface area contributed by atoms with Crippen molar-refractivity contribution < 1.29 is 32.9 Å². The lowest BCUT2D eigenvalue weighted by atomic mass is 10.0. The van der Waals surface area contributed by atoms with E-state index in [1.165, 1.54) is 263 Å². The van der Waals surface area contributed by atoms with Gasteiger partial charge < -0.3 is 19.8 Å². The zero-order chi connectivity index (χ0) is 50.6. The second kappa shape index (κ2) is 52.4. The number of hydrogen-bond acceptors (Lipinski definition) is 5. The summed E-state index contributed by atoms with van der Waals surface area (Å²) < 4.78 is 23.8. The maximum Gasteiger partial charge on any atom is 0.472 e. The molecule has 0 saturated carbocycles. The van der Waals surface area contributed by atoms with Crippen LogP contribution in [0.1, 0.15) is 328 Å². The molecule has 0 aliphatic heterocycles. The van der Waals surface area contributed by atoms with Crippen LogP contribution in [0.15, 0.2) is 0 Å². The average molecular weight is 1000 g/mol. The summed E-state index contributed by atoms with van der Waals surface area (Å²) in [5.74, 6) is -0.136.